The van der Waals surface area contributed by atoms with Gasteiger partial charge in [-0.05, 0) is 27.3 Å². The maximum absolute atomic E-state index is 5.66. The molecule has 0 radical (unpaired) electrons. The van der Waals surface area contributed by atoms with Crippen molar-refractivity contribution in [2.24, 2.45) is 0 Å². The fourth-order valence-corrected chi connectivity index (χ4v) is 1.66. The van der Waals surface area contributed by atoms with Gasteiger partial charge in [-0.15, -0.1) is 0 Å². The summed E-state index contributed by atoms with van der Waals surface area (Å²) in [6.45, 7) is 10.9. The minimum atomic E-state index is 0.183. The fraction of sp³-hybridized carbons (Fsp3) is 0.750. The highest BCUT2D eigenvalue weighted by Crippen LogP contribution is 2.12. The number of nitrogens with one attached hydrogen (secondary N) is 1. The van der Waals surface area contributed by atoms with E-state index in [0.29, 0.717) is 6.61 Å². The fourth-order valence-electron chi connectivity index (χ4n) is 1.66. The van der Waals surface area contributed by atoms with E-state index in [9.17, 15) is 0 Å². The Morgan fingerprint density at radius 2 is 2.19 bits per heavy atom. The lowest BCUT2D eigenvalue weighted by atomic mass is 10.3. The first-order valence-corrected chi connectivity index (χ1v) is 6.05. The predicted octanol–water partition coefficient (Wildman–Crippen LogP) is 1.98. The van der Waals surface area contributed by atoms with E-state index in [1.807, 2.05) is 12.4 Å². The maximum atomic E-state index is 5.66. The molecule has 1 N–H and O–H groups in total. The van der Waals surface area contributed by atoms with Gasteiger partial charge in [0, 0.05) is 18.9 Å². The van der Waals surface area contributed by atoms with E-state index in [2.05, 4.69) is 42.6 Å². The van der Waals surface area contributed by atoms with Gasteiger partial charge in [0.15, 0.2) is 0 Å². The highest BCUT2D eigenvalue weighted by atomic mass is 16.5. The lowest BCUT2D eigenvalue weighted by molar-refractivity contribution is 0.0591. The monoisotopic (exact) mass is 225 g/mol. The highest BCUT2D eigenvalue weighted by Gasteiger charge is 2.16. The average Bonchev–Trinajstić information content (AvgIpc) is 2.71. The lowest BCUT2D eigenvalue weighted by Gasteiger charge is -2.19. The third-order valence-electron chi connectivity index (χ3n) is 2.45. The minimum Gasteiger partial charge on any atom is -0.377 e. The summed E-state index contributed by atoms with van der Waals surface area (Å²) in [7, 11) is 0. The van der Waals surface area contributed by atoms with Crippen molar-refractivity contribution in [3.05, 3.63) is 18.2 Å². The van der Waals surface area contributed by atoms with E-state index in [1.165, 1.54) is 0 Å². The summed E-state index contributed by atoms with van der Waals surface area (Å²) in [6, 6.07) is 0.183. The van der Waals surface area contributed by atoms with E-state index >= 15 is 0 Å². The van der Waals surface area contributed by atoms with Crippen molar-refractivity contribution in [1.29, 1.82) is 0 Å². The quantitative estimate of drug-likeness (QED) is 0.771. The van der Waals surface area contributed by atoms with Crippen LogP contribution in [-0.2, 0) is 11.3 Å². The first-order chi connectivity index (χ1) is 7.69. The van der Waals surface area contributed by atoms with Gasteiger partial charge in [0.2, 0.25) is 0 Å². The number of hydrogen-bond acceptors (Lipinski definition) is 3. The SMILES string of the molecule is CCNC(COC(C)C)c1nccn1CC. The number of rotatable bonds is 7. The molecule has 1 rings (SSSR count). The third-order valence-corrected chi connectivity index (χ3v) is 2.45. The van der Waals surface area contributed by atoms with Gasteiger partial charge in [-0.2, -0.15) is 0 Å². The maximum Gasteiger partial charge on any atom is 0.128 e. The molecule has 16 heavy (non-hydrogen) atoms. The molecule has 92 valence electrons. The topological polar surface area (TPSA) is 39.1 Å². The Labute approximate surface area is 98.0 Å². The molecule has 0 saturated heterocycles. The molecule has 1 unspecified atom stereocenters. The minimum absolute atomic E-state index is 0.183. The zero-order chi connectivity index (χ0) is 12.0. The molecule has 0 amide bonds. The van der Waals surface area contributed by atoms with E-state index in [0.717, 1.165) is 18.9 Å². The van der Waals surface area contributed by atoms with Crippen LogP contribution in [0.5, 0.6) is 0 Å². The van der Waals surface area contributed by atoms with Gasteiger partial charge in [0.05, 0.1) is 18.8 Å². The van der Waals surface area contributed by atoms with Crippen LogP contribution in [0.2, 0.25) is 0 Å². The van der Waals surface area contributed by atoms with E-state index < -0.39 is 0 Å². The molecule has 0 saturated carbocycles. The Kier molecular flexibility index (Phi) is 5.49. The summed E-state index contributed by atoms with van der Waals surface area (Å²) < 4.78 is 7.81. The zero-order valence-corrected chi connectivity index (χ0v) is 10.7. The van der Waals surface area contributed by atoms with Crippen LogP contribution in [0.3, 0.4) is 0 Å². The molecule has 0 aliphatic heterocycles. The molecular weight excluding hydrogens is 202 g/mol. The van der Waals surface area contributed by atoms with Gasteiger partial charge < -0.3 is 14.6 Å². The highest BCUT2D eigenvalue weighted by molar-refractivity contribution is 4.99. The van der Waals surface area contributed by atoms with Crippen LogP contribution in [-0.4, -0.2) is 28.8 Å². The average molecular weight is 225 g/mol. The zero-order valence-electron chi connectivity index (χ0n) is 10.7. The third kappa shape index (κ3) is 3.61. The summed E-state index contributed by atoms with van der Waals surface area (Å²) >= 11 is 0. The van der Waals surface area contributed by atoms with Gasteiger partial charge in [0.25, 0.3) is 0 Å². The number of aryl methyl sites for hydroxylation is 1. The second kappa shape index (κ2) is 6.66. The van der Waals surface area contributed by atoms with Crippen molar-refractivity contribution in [1.82, 2.24) is 14.9 Å². The predicted molar refractivity (Wildman–Crippen MR) is 65.4 cm³/mol. The van der Waals surface area contributed by atoms with Crippen LogP contribution in [0.1, 0.15) is 39.6 Å². The second-order valence-corrected chi connectivity index (χ2v) is 4.06. The molecular formula is C12H23N3O. The Bertz CT molecular complexity index is 296. The number of hydrogen-bond donors (Lipinski definition) is 1. The number of imidazole rings is 1. The van der Waals surface area contributed by atoms with E-state index in [1.54, 1.807) is 0 Å². The van der Waals surface area contributed by atoms with Crippen LogP contribution >= 0.6 is 0 Å². The van der Waals surface area contributed by atoms with Gasteiger partial charge in [-0.3, -0.25) is 0 Å². The molecule has 1 atom stereocenters. The van der Waals surface area contributed by atoms with Crippen molar-refractivity contribution in [2.45, 2.75) is 46.4 Å². The van der Waals surface area contributed by atoms with Gasteiger partial charge in [-0.1, -0.05) is 6.92 Å². The smallest absolute Gasteiger partial charge is 0.128 e. The Morgan fingerprint density at radius 1 is 1.44 bits per heavy atom. The molecule has 4 heteroatoms. The number of ether oxygens (including phenoxy) is 1. The first-order valence-electron chi connectivity index (χ1n) is 6.05. The van der Waals surface area contributed by atoms with Gasteiger partial charge in [-0.25, -0.2) is 4.98 Å². The summed E-state index contributed by atoms with van der Waals surface area (Å²) in [5.74, 6) is 1.06. The summed E-state index contributed by atoms with van der Waals surface area (Å²) in [5.41, 5.74) is 0. The van der Waals surface area contributed by atoms with Crippen LogP contribution in [0, 0.1) is 0 Å². The molecule has 0 bridgehead atoms. The standard InChI is InChI=1S/C12H23N3O/c1-5-13-11(9-16-10(3)4)12-14-7-8-15(12)6-2/h7-8,10-11,13H,5-6,9H2,1-4H3. The molecule has 4 nitrogen and oxygen atoms in total. The first kappa shape index (κ1) is 13.2. The molecule has 0 fully saturated rings. The normalized spacial score (nSPS) is 13.3. The van der Waals surface area contributed by atoms with E-state index in [4.69, 9.17) is 4.74 Å². The molecule has 0 aliphatic carbocycles. The molecule has 0 spiro atoms. The van der Waals surface area contributed by atoms with Gasteiger partial charge in [0.1, 0.15) is 5.82 Å². The van der Waals surface area contributed by atoms with Crippen molar-refractivity contribution < 1.29 is 4.74 Å². The number of nitrogens with zero attached hydrogens (tertiary/aromatic N) is 2. The molecule has 1 aromatic rings. The van der Waals surface area contributed by atoms with Crippen molar-refractivity contribution in [3.8, 4) is 0 Å². The number of aromatic nitrogens is 2. The summed E-state index contributed by atoms with van der Waals surface area (Å²) in [6.07, 6.45) is 4.11. The largest absolute Gasteiger partial charge is 0.377 e. The van der Waals surface area contributed by atoms with Crippen LogP contribution in [0.15, 0.2) is 12.4 Å². The molecule has 0 aliphatic rings. The van der Waals surface area contributed by atoms with E-state index in [-0.39, 0.29) is 12.1 Å². The summed E-state index contributed by atoms with van der Waals surface area (Å²) in [4.78, 5) is 4.40. The molecule has 1 aromatic heterocycles. The Morgan fingerprint density at radius 3 is 2.75 bits per heavy atom. The molecule has 1 heterocycles. The summed E-state index contributed by atoms with van der Waals surface area (Å²) in [5, 5.41) is 3.41. The van der Waals surface area contributed by atoms with Gasteiger partial charge >= 0.3 is 0 Å². The Hall–Kier alpha value is -0.870. The Balaban J connectivity index is 2.68. The number of likely N-dealkylation sites (N-methyl/N-ethyl adjacent to an activating group) is 1. The van der Waals surface area contributed by atoms with Crippen molar-refractivity contribution in [2.75, 3.05) is 13.2 Å². The lowest BCUT2D eigenvalue weighted by Crippen LogP contribution is -2.29. The van der Waals surface area contributed by atoms with Crippen LogP contribution < -0.4 is 5.32 Å². The second-order valence-electron chi connectivity index (χ2n) is 4.06. The van der Waals surface area contributed by atoms with Crippen LogP contribution in [0.4, 0.5) is 0 Å². The van der Waals surface area contributed by atoms with Crippen molar-refractivity contribution >= 4 is 0 Å². The van der Waals surface area contributed by atoms with Crippen LogP contribution in [0.25, 0.3) is 0 Å². The molecule has 0 aromatic carbocycles. The van der Waals surface area contributed by atoms with Crippen molar-refractivity contribution in [3.63, 3.8) is 0 Å².